The van der Waals surface area contributed by atoms with E-state index < -0.39 is 5.97 Å². The molecule has 0 saturated carbocycles. The van der Waals surface area contributed by atoms with Crippen molar-refractivity contribution in [3.63, 3.8) is 0 Å². The van der Waals surface area contributed by atoms with Crippen LogP contribution in [0.15, 0.2) is 5.16 Å². The molecule has 0 bridgehead atoms. The third-order valence-electron chi connectivity index (χ3n) is 0.280. The average molecular weight is 140 g/mol. The van der Waals surface area contributed by atoms with Gasteiger partial charge in [0, 0.05) is 36.5 Å². The van der Waals surface area contributed by atoms with Crippen molar-refractivity contribution in [2.75, 3.05) is 0 Å². The first-order valence-corrected chi connectivity index (χ1v) is 1.89. The molecule has 4 N–H and O–H groups in total. The minimum atomic E-state index is -0.543. The van der Waals surface area contributed by atoms with Gasteiger partial charge in [-0.25, -0.2) is 4.79 Å². The Hall–Kier alpha value is -0.260. The number of hydrogen-bond acceptors (Lipinski definition) is 3. The van der Waals surface area contributed by atoms with Crippen LogP contribution in [0.5, 0.6) is 0 Å². The molecule has 0 spiro atoms. The molecule has 0 aromatic rings. The summed E-state index contributed by atoms with van der Waals surface area (Å²) in [6.45, 7) is 1.20. The van der Waals surface area contributed by atoms with E-state index >= 15 is 0 Å². The van der Waals surface area contributed by atoms with Crippen LogP contribution in [0.3, 0.4) is 0 Å². The predicted octanol–water partition coefficient (Wildman–Crippen LogP) is -1.64. The first kappa shape index (κ1) is 11.5. The molecule has 5 nitrogen and oxygen atoms in total. The van der Waals surface area contributed by atoms with Crippen LogP contribution in [-0.2, 0) is 9.63 Å². The van der Waals surface area contributed by atoms with Gasteiger partial charge >= 0.3 is 5.97 Å². The molecule has 0 amide bonds. The molecule has 0 rings (SSSR count). The van der Waals surface area contributed by atoms with Crippen molar-refractivity contribution in [3.05, 3.63) is 0 Å². The fraction of sp³-hybridized carbons (Fsp3) is 0.333. The molecule has 1 radical (unpaired) electrons. The molecule has 6 heteroatoms. The molecule has 47 valence electrons. The van der Waals surface area contributed by atoms with E-state index in [1.165, 1.54) is 6.92 Å². The van der Waals surface area contributed by atoms with Crippen molar-refractivity contribution < 1.29 is 9.63 Å². The molecule has 0 aromatic carbocycles. The average Bonchev–Trinajstić information content (AvgIpc) is 1.61. The smallest absolute Gasteiger partial charge is 0.332 e. The standard InChI is InChI=1S/C3H7N3O2.Na/c1-2(7)8-6-3(4)5;/h1H3,(H4,4,5,6);. The monoisotopic (exact) mass is 140 g/mol. The number of nitrogens with two attached hydrogens (primary N) is 2. The van der Waals surface area contributed by atoms with Crippen LogP contribution in [0.2, 0.25) is 0 Å². The molecule has 0 unspecified atom stereocenters. The van der Waals surface area contributed by atoms with Crippen LogP contribution in [0.4, 0.5) is 0 Å². The summed E-state index contributed by atoms with van der Waals surface area (Å²) in [6.07, 6.45) is 0. The fourth-order valence-corrected chi connectivity index (χ4v) is 0.117. The van der Waals surface area contributed by atoms with E-state index in [0.717, 1.165) is 0 Å². The number of carbonyl (C=O) groups excluding carboxylic acids is 1. The van der Waals surface area contributed by atoms with Gasteiger partial charge in [-0.2, -0.15) is 0 Å². The number of carbonyl (C=O) groups is 1. The Labute approximate surface area is 74.7 Å². The molecule has 0 atom stereocenters. The Balaban J connectivity index is 0. The van der Waals surface area contributed by atoms with E-state index in [1.54, 1.807) is 0 Å². The van der Waals surface area contributed by atoms with Crippen molar-refractivity contribution in [2.24, 2.45) is 16.6 Å². The number of oxime groups is 1. The molecule has 0 aliphatic rings. The topological polar surface area (TPSA) is 90.7 Å². The minimum absolute atomic E-state index is 0. The molecule has 0 aliphatic heterocycles. The summed E-state index contributed by atoms with van der Waals surface area (Å²) in [5.74, 6) is -0.807. The van der Waals surface area contributed by atoms with Gasteiger partial charge in [-0.05, 0) is 5.16 Å². The van der Waals surface area contributed by atoms with Gasteiger partial charge in [0.2, 0.25) is 5.96 Å². The van der Waals surface area contributed by atoms with Crippen molar-refractivity contribution >= 4 is 41.5 Å². The van der Waals surface area contributed by atoms with Crippen LogP contribution in [0.25, 0.3) is 0 Å². The maximum Gasteiger partial charge on any atom is 0.332 e. The summed E-state index contributed by atoms with van der Waals surface area (Å²) in [5, 5.41) is 2.95. The molecule has 0 fully saturated rings. The van der Waals surface area contributed by atoms with Gasteiger partial charge in [0.25, 0.3) is 0 Å². The Bertz CT molecular complexity index is 120. The predicted molar refractivity (Wildman–Crippen MR) is 33.3 cm³/mol. The van der Waals surface area contributed by atoms with Crippen molar-refractivity contribution in [1.29, 1.82) is 0 Å². The normalized spacial score (nSPS) is 6.78. The zero-order chi connectivity index (χ0) is 6.57. The summed E-state index contributed by atoms with van der Waals surface area (Å²) in [5.41, 5.74) is 9.58. The molecular formula is C3H7N3NaO2. The van der Waals surface area contributed by atoms with Gasteiger partial charge in [-0.15, -0.1) is 0 Å². The van der Waals surface area contributed by atoms with Crippen LogP contribution < -0.4 is 11.5 Å². The molecule has 0 saturated heterocycles. The first-order chi connectivity index (χ1) is 3.63. The van der Waals surface area contributed by atoms with Crippen molar-refractivity contribution in [3.8, 4) is 0 Å². The Kier molecular flexibility index (Phi) is 7.52. The summed E-state index contributed by atoms with van der Waals surface area (Å²) < 4.78 is 0. The maximum absolute atomic E-state index is 9.91. The quantitative estimate of drug-likeness (QED) is 0.150. The summed E-state index contributed by atoms with van der Waals surface area (Å²) in [4.78, 5) is 13.9. The molecule has 0 aromatic heterocycles. The minimum Gasteiger partial charge on any atom is -0.367 e. The van der Waals surface area contributed by atoms with Crippen LogP contribution >= 0.6 is 0 Å². The largest absolute Gasteiger partial charge is 0.367 e. The van der Waals surface area contributed by atoms with E-state index in [4.69, 9.17) is 11.5 Å². The number of guanidine groups is 1. The maximum atomic E-state index is 9.91. The third-order valence-corrected chi connectivity index (χ3v) is 0.280. The second-order valence-corrected chi connectivity index (χ2v) is 1.10. The van der Waals surface area contributed by atoms with E-state index in [1.807, 2.05) is 0 Å². The van der Waals surface area contributed by atoms with Gasteiger partial charge in [0.1, 0.15) is 0 Å². The summed E-state index contributed by atoms with van der Waals surface area (Å²) >= 11 is 0. The first-order valence-electron chi connectivity index (χ1n) is 1.89. The molecule has 0 aliphatic carbocycles. The number of rotatable bonds is 1. The zero-order valence-electron chi connectivity index (χ0n) is 5.42. The Morgan fingerprint density at radius 2 is 2.00 bits per heavy atom. The van der Waals surface area contributed by atoms with Crippen molar-refractivity contribution in [2.45, 2.75) is 6.92 Å². The third kappa shape index (κ3) is 11.4. The summed E-state index contributed by atoms with van der Waals surface area (Å²) in [6, 6.07) is 0. The van der Waals surface area contributed by atoms with E-state index in [-0.39, 0.29) is 35.5 Å². The van der Waals surface area contributed by atoms with Gasteiger partial charge in [0.05, 0.1) is 0 Å². The summed E-state index contributed by atoms with van der Waals surface area (Å²) in [7, 11) is 0. The van der Waals surface area contributed by atoms with Crippen LogP contribution in [-0.4, -0.2) is 41.5 Å². The second kappa shape index (κ2) is 5.87. The number of nitrogens with zero attached hydrogens (tertiary/aromatic N) is 1. The van der Waals surface area contributed by atoms with Gasteiger partial charge < -0.3 is 16.3 Å². The van der Waals surface area contributed by atoms with Crippen LogP contribution in [0.1, 0.15) is 6.92 Å². The molecule has 0 heterocycles. The Morgan fingerprint density at radius 1 is 1.56 bits per heavy atom. The number of hydrogen-bond donors (Lipinski definition) is 2. The van der Waals surface area contributed by atoms with Gasteiger partial charge in [-0.1, -0.05) is 0 Å². The Morgan fingerprint density at radius 3 is 2.11 bits per heavy atom. The van der Waals surface area contributed by atoms with E-state index in [2.05, 4.69) is 9.99 Å². The zero-order valence-corrected chi connectivity index (χ0v) is 7.42. The second-order valence-electron chi connectivity index (χ2n) is 1.10. The fourth-order valence-electron chi connectivity index (χ4n) is 0.117. The van der Waals surface area contributed by atoms with Gasteiger partial charge in [0.15, 0.2) is 0 Å². The SMILES string of the molecule is CC(=O)ON=C(N)N.[Na]. The van der Waals surface area contributed by atoms with Gasteiger partial charge in [-0.3, -0.25) is 0 Å². The van der Waals surface area contributed by atoms with E-state index in [0.29, 0.717) is 0 Å². The van der Waals surface area contributed by atoms with Crippen LogP contribution in [0, 0.1) is 0 Å². The van der Waals surface area contributed by atoms with Crippen molar-refractivity contribution in [1.82, 2.24) is 0 Å². The van der Waals surface area contributed by atoms with E-state index in [9.17, 15) is 4.79 Å². The molecule has 9 heavy (non-hydrogen) atoms. The molecular weight excluding hydrogens is 133 g/mol.